The fourth-order valence-corrected chi connectivity index (χ4v) is 3.84. The van der Waals surface area contributed by atoms with Gasteiger partial charge in [-0.1, -0.05) is 12.1 Å². The van der Waals surface area contributed by atoms with Gasteiger partial charge in [0.05, 0.1) is 41.1 Å². The number of benzene rings is 1. The number of amides is 1. The Bertz CT molecular complexity index is 1670. The summed E-state index contributed by atoms with van der Waals surface area (Å²) in [5, 5.41) is 15.7. The third kappa shape index (κ3) is 4.70. The molecule has 0 unspecified atom stereocenters. The van der Waals surface area contributed by atoms with Crippen LogP contribution in [0.4, 0.5) is 17.2 Å². The van der Waals surface area contributed by atoms with Crippen molar-refractivity contribution in [1.82, 2.24) is 29.9 Å². The lowest BCUT2D eigenvalue weighted by Gasteiger charge is -2.17. The number of rotatable bonds is 6. The van der Waals surface area contributed by atoms with Crippen LogP contribution in [0.5, 0.6) is 0 Å². The quantitative estimate of drug-likeness (QED) is 0.305. The number of fused-ring (bicyclic) bond motifs is 1. The lowest BCUT2D eigenvalue weighted by Crippen LogP contribution is -2.17. The largest absolute Gasteiger partial charge is 0.341 e. The number of aryl methyl sites for hydroxylation is 1. The molecule has 10 nitrogen and oxygen atoms in total. The maximum absolute atomic E-state index is 13.0. The zero-order valence-corrected chi connectivity index (χ0v) is 20.4. The van der Waals surface area contributed by atoms with Gasteiger partial charge in [0, 0.05) is 17.3 Å². The van der Waals surface area contributed by atoms with Crippen molar-refractivity contribution < 1.29 is 4.79 Å². The number of pyridine rings is 2. The molecule has 0 spiro atoms. The van der Waals surface area contributed by atoms with Crippen LogP contribution in [-0.2, 0) is 5.41 Å². The minimum absolute atomic E-state index is 0.298. The molecule has 37 heavy (non-hydrogen) atoms. The highest BCUT2D eigenvalue weighted by Crippen LogP contribution is 2.31. The SMILES string of the molecule is Cc1ncc(NC(=O)c2cccc(C(C)(C)C#N)c2)cc1Nc1ncccc1-c1ncnc2nc[nH]c12. The fraction of sp³-hybridized carbons (Fsp3) is 0.148. The number of nitriles is 1. The van der Waals surface area contributed by atoms with Gasteiger partial charge in [-0.25, -0.2) is 19.9 Å². The van der Waals surface area contributed by atoms with Crippen LogP contribution in [0, 0.1) is 18.3 Å². The number of aromatic amines is 1. The molecule has 0 saturated heterocycles. The molecule has 0 saturated carbocycles. The molecule has 1 aromatic carbocycles. The average Bonchev–Trinajstić information content (AvgIpc) is 3.40. The van der Waals surface area contributed by atoms with Crippen molar-refractivity contribution in [2.45, 2.75) is 26.2 Å². The number of nitrogens with one attached hydrogen (secondary N) is 3. The van der Waals surface area contributed by atoms with Gasteiger partial charge < -0.3 is 15.6 Å². The molecule has 5 rings (SSSR count). The normalized spacial score (nSPS) is 11.2. The van der Waals surface area contributed by atoms with Crippen molar-refractivity contribution in [2.75, 3.05) is 10.6 Å². The Hall–Kier alpha value is -5.17. The summed E-state index contributed by atoms with van der Waals surface area (Å²) in [6.45, 7) is 5.49. The first-order valence-electron chi connectivity index (χ1n) is 11.5. The summed E-state index contributed by atoms with van der Waals surface area (Å²) in [6.07, 6.45) is 6.31. The van der Waals surface area contributed by atoms with Gasteiger partial charge in [0.25, 0.3) is 5.91 Å². The maximum Gasteiger partial charge on any atom is 0.255 e. The average molecular weight is 490 g/mol. The third-order valence-electron chi connectivity index (χ3n) is 6.01. The van der Waals surface area contributed by atoms with Gasteiger partial charge in [0.1, 0.15) is 23.4 Å². The van der Waals surface area contributed by atoms with Gasteiger partial charge in [-0.3, -0.25) is 9.78 Å². The van der Waals surface area contributed by atoms with Crippen LogP contribution in [0.1, 0.15) is 35.5 Å². The number of carbonyl (C=O) groups is 1. The second kappa shape index (κ2) is 9.47. The molecule has 4 heterocycles. The minimum atomic E-state index is -0.704. The molecule has 0 radical (unpaired) electrons. The van der Waals surface area contributed by atoms with E-state index < -0.39 is 5.41 Å². The Kier molecular flexibility index (Phi) is 6.03. The molecule has 10 heteroatoms. The van der Waals surface area contributed by atoms with E-state index in [-0.39, 0.29) is 5.91 Å². The second-order valence-electron chi connectivity index (χ2n) is 8.98. The second-order valence-corrected chi connectivity index (χ2v) is 8.98. The number of hydrogen-bond donors (Lipinski definition) is 3. The molecule has 0 aliphatic rings. The standard InChI is InChI=1S/C27H23N9O/c1-16-21(36-24-20(8-5-9-29-24)22-23-25(33-14-31-22)34-15-32-23)11-19(12-30-16)35-26(37)17-6-4-7-18(10-17)27(2,3)13-28/h4-12,14-15H,1-3H3,(H,29,36)(H,35,37)(H,31,32,33,34). The first-order valence-corrected chi connectivity index (χ1v) is 11.5. The molecule has 3 N–H and O–H groups in total. The zero-order chi connectivity index (χ0) is 26.0. The third-order valence-corrected chi connectivity index (χ3v) is 6.01. The van der Waals surface area contributed by atoms with Gasteiger partial charge >= 0.3 is 0 Å². The fourth-order valence-electron chi connectivity index (χ4n) is 3.84. The smallest absolute Gasteiger partial charge is 0.255 e. The van der Waals surface area contributed by atoms with Gasteiger partial charge in [-0.2, -0.15) is 5.26 Å². The Morgan fingerprint density at radius 3 is 2.76 bits per heavy atom. The molecular weight excluding hydrogens is 466 g/mol. The zero-order valence-electron chi connectivity index (χ0n) is 20.4. The van der Waals surface area contributed by atoms with Crippen LogP contribution in [0.15, 0.2) is 67.5 Å². The monoisotopic (exact) mass is 489 g/mol. The molecule has 0 fully saturated rings. The van der Waals surface area contributed by atoms with Crippen LogP contribution in [-0.4, -0.2) is 35.8 Å². The lowest BCUT2D eigenvalue weighted by atomic mass is 9.85. The summed E-state index contributed by atoms with van der Waals surface area (Å²) in [6, 6.07) is 14.9. The highest BCUT2D eigenvalue weighted by molar-refractivity contribution is 6.04. The Morgan fingerprint density at radius 2 is 1.92 bits per heavy atom. The van der Waals surface area contributed by atoms with Gasteiger partial charge in [0.15, 0.2) is 5.65 Å². The van der Waals surface area contributed by atoms with E-state index in [0.717, 1.165) is 16.8 Å². The Labute approximate surface area is 212 Å². The van der Waals surface area contributed by atoms with E-state index >= 15 is 0 Å². The minimum Gasteiger partial charge on any atom is -0.341 e. The highest BCUT2D eigenvalue weighted by Gasteiger charge is 2.21. The molecule has 5 aromatic rings. The molecule has 1 amide bonds. The van der Waals surface area contributed by atoms with Crippen molar-refractivity contribution in [3.63, 3.8) is 0 Å². The summed E-state index contributed by atoms with van der Waals surface area (Å²) in [5.74, 6) is 0.269. The summed E-state index contributed by atoms with van der Waals surface area (Å²) in [4.78, 5) is 37.9. The van der Waals surface area contributed by atoms with Crippen molar-refractivity contribution in [3.05, 3.63) is 84.3 Å². The number of aromatic nitrogens is 6. The van der Waals surface area contributed by atoms with Gasteiger partial charge in [-0.15, -0.1) is 0 Å². The van der Waals surface area contributed by atoms with Crippen LogP contribution in [0.2, 0.25) is 0 Å². The summed E-state index contributed by atoms with van der Waals surface area (Å²) >= 11 is 0. The van der Waals surface area contributed by atoms with E-state index in [1.807, 2.05) is 39.0 Å². The van der Waals surface area contributed by atoms with Crippen molar-refractivity contribution >= 4 is 34.3 Å². The topological polar surface area (TPSA) is 145 Å². The number of hydrogen-bond acceptors (Lipinski definition) is 8. The number of imidazole rings is 1. The van der Waals surface area contributed by atoms with Gasteiger partial charge in [0.2, 0.25) is 0 Å². The molecule has 0 atom stereocenters. The molecule has 0 aliphatic carbocycles. The summed E-state index contributed by atoms with van der Waals surface area (Å²) < 4.78 is 0. The van der Waals surface area contributed by atoms with Crippen LogP contribution in [0.3, 0.4) is 0 Å². The molecule has 0 bridgehead atoms. The van der Waals surface area contributed by atoms with E-state index in [4.69, 9.17) is 0 Å². The van der Waals surface area contributed by atoms with Crippen molar-refractivity contribution in [2.24, 2.45) is 0 Å². The highest BCUT2D eigenvalue weighted by atomic mass is 16.1. The van der Waals surface area contributed by atoms with E-state index in [1.54, 1.807) is 43.0 Å². The van der Waals surface area contributed by atoms with Crippen LogP contribution < -0.4 is 10.6 Å². The first kappa shape index (κ1) is 23.6. The first-order chi connectivity index (χ1) is 17.9. The Morgan fingerprint density at radius 1 is 1.05 bits per heavy atom. The molecule has 0 aliphatic heterocycles. The van der Waals surface area contributed by atoms with Crippen LogP contribution in [0.25, 0.3) is 22.4 Å². The number of carbonyl (C=O) groups excluding carboxylic acids is 1. The number of H-pyrrole nitrogens is 1. The molecule has 182 valence electrons. The summed E-state index contributed by atoms with van der Waals surface area (Å²) in [7, 11) is 0. The van der Waals surface area contributed by atoms with Crippen molar-refractivity contribution in [3.8, 4) is 17.3 Å². The van der Waals surface area contributed by atoms with E-state index in [2.05, 4.69) is 46.6 Å². The predicted octanol–water partition coefficient (Wildman–Crippen LogP) is 4.92. The van der Waals surface area contributed by atoms with E-state index in [0.29, 0.717) is 39.6 Å². The van der Waals surface area contributed by atoms with E-state index in [9.17, 15) is 10.1 Å². The number of nitrogens with zero attached hydrogens (tertiary/aromatic N) is 6. The van der Waals surface area contributed by atoms with Gasteiger partial charge in [-0.05, 0) is 56.7 Å². The lowest BCUT2D eigenvalue weighted by molar-refractivity contribution is 0.102. The predicted molar refractivity (Wildman–Crippen MR) is 140 cm³/mol. The number of anilines is 3. The van der Waals surface area contributed by atoms with Crippen LogP contribution >= 0.6 is 0 Å². The maximum atomic E-state index is 13.0. The van der Waals surface area contributed by atoms with Crippen molar-refractivity contribution in [1.29, 1.82) is 5.26 Å². The van der Waals surface area contributed by atoms with E-state index in [1.165, 1.54) is 6.33 Å². The Balaban J connectivity index is 1.43. The molecule has 4 aromatic heterocycles. The summed E-state index contributed by atoms with van der Waals surface area (Å²) in [5.41, 5.74) is 5.11. The molecular formula is C27H23N9O.